The first kappa shape index (κ1) is 15.3. The third kappa shape index (κ3) is 3.33. The number of piperidine rings is 1. The molecule has 1 aromatic carbocycles. The van der Waals surface area contributed by atoms with Crippen LogP contribution in [-0.4, -0.2) is 30.6 Å². The van der Waals surface area contributed by atoms with E-state index in [0.29, 0.717) is 12.1 Å². The van der Waals surface area contributed by atoms with Gasteiger partial charge in [0.1, 0.15) is 5.75 Å². The smallest absolute Gasteiger partial charge is 0.118 e. The lowest BCUT2D eigenvalue weighted by atomic mass is 9.92. The van der Waals surface area contributed by atoms with Crippen molar-refractivity contribution >= 4 is 0 Å². The largest absolute Gasteiger partial charge is 0.497 e. The van der Waals surface area contributed by atoms with Crippen LogP contribution in [0.1, 0.15) is 51.1 Å². The van der Waals surface area contributed by atoms with E-state index in [1.807, 2.05) is 0 Å². The van der Waals surface area contributed by atoms with E-state index < -0.39 is 0 Å². The van der Waals surface area contributed by atoms with Crippen molar-refractivity contribution < 1.29 is 4.74 Å². The highest BCUT2D eigenvalue weighted by molar-refractivity contribution is 5.29. The SMILES string of the molecule is CCC(c1ccc(OC)cc1)N1CCCCC1C(C)N. The van der Waals surface area contributed by atoms with E-state index in [9.17, 15) is 0 Å². The maximum Gasteiger partial charge on any atom is 0.118 e. The first-order chi connectivity index (χ1) is 9.67. The summed E-state index contributed by atoms with van der Waals surface area (Å²) in [5, 5.41) is 0. The molecule has 0 radical (unpaired) electrons. The quantitative estimate of drug-likeness (QED) is 0.896. The Morgan fingerprint density at radius 3 is 2.55 bits per heavy atom. The number of methoxy groups -OCH3 is 1. The molecule has 0 spiro atoms. The predicted molar refractivity (Wildman–Crippen MR) is 84.0 cm³/mol. The summed E-state index contributed by atoms with van der Waals surface area (Å²) in [7, 11) is 1.71. The van der Waals surface area contributed by atoms with Crippen molar-refractivity contribution in [3.63, 3.8) is 0 Å². The summed E-state index contributed by atoms with van der Waals surface area (Å²) < 4.78 is 5.25. The molecule has 1 aromatic rings. The van der Waals surface area contributed by atoms with Gasteiger partial charge in [-0.05, 0) is 50.4 Å². The molecule has 3 heteroatoms. The summed E-state index contributed by atoms with van der Waals surface area (Å²) in [4.78, 5) is 2.62. The molecule has 1 heterocycles. The molecule has 0 bridgehead atoms. The number of hydrogen-bond donors (Lipinski definition) is 1. The van der Waals surface area contributed by atoms with Gasteiger partial charge < -0.3 is 10.5 Å². The Balaban J connectivity index is 2.20. The van der Waals surface area contributed by atoms with Gasteiger partial charge in [-0.1, -0.05) is 25.5 Å². The van der Waals surface area contributed by atoms with Gasteiger partial charge in [-0.3, -0.25) is 4.90 Å². The number of nitrogens with zero attached hydrogens (tertiary/aromatic N) is 1. The molecule has 1 saturated heterocycles. The summed E-state index contributed by atoms with van der Waals surface area (Å²) >= 11 is 0. The summed E-state index contributed by atoms with van der Waals surface area (Å²) in [6.07, 6.45) is 4.94. The third-order valence-corrected chi connectivity index (χ3v) is 4.49. The molecule has 2 rings (SSSR count). The minimum absolute atomic E-state index is 0.239. The molecule has 1 fully saturated rings. The highest BCUT2D eigenvalue weighted by Gasteiger charge is 2.30. The van der Waals surface area contributed by atoms with Crippen molar-refractivity contribution in [2.45, 2.75) is 57.7 Å². The Morgan fingerprint density at radius 1 is 1.30 bits per heavy atom. The normalized spacial score (nSPS) is 23.3. The summed E-state index contributed by atoms with van der Waals surface area (Å²) in [5.41, 5.74) is 7.59. The van der Waals surface area contributed by atoms with Crippen LogP contribution in [0.4, 0.5) is 0 Å². The van der Waals surface area contributed by atoms with Crippen LogP contribution < -0.4 is 10.5 Å². The Labute approximate surface area is 123 Å². The molecule has 112 valence electrons. The molecule has 0 aliphatic carbocycles. The van der Waals surface area contributed by atoms with E-state index in [0.717, 1.165) is 18.7 Å². The van der Waals surface area contributed by atoms with Crippen molar-refractivity contribution in [3.8, 4) is 5.75 Å². The lowest BCUT2D eigenvalue weighted by molar-refractivity contribution is 0.0783. The minimum Gasteiger partial charge on any atom is -0.497 e. The molecule has 3 nitrogen and oxygen atoms in total. The first-order valence-electron chi connectivity index (χ1n) is 7.82. The topological polar surface area (TPSA) is 38.5 Å². The van der Waals surface area contributed by atoms with Gasteiger partial charge in [-0.15, -0.1) is 0 Å². The van der Waals surface area contributed by atoms with E-state index >= 15 is 0 Å². The van der Waals surface area contributed by atoms with Crippen LogP contribution in [0.5, 0.6) is 5.75 Å². The van der Waals surface area contributed by atoms with Crippen molar-refractivity contribution in [1.29, 1.82) is 0 Å². The number of benzene rings is 1. The highest BCUT2D eigenvalue weighted by atomic mass is 16.5. The van der Waals surface area contributed by atoms with Crippen LogP contribution in [0.15, 0.2) is 24.3 Å². The maximum absolute atomic E-state index is 6.21. The van der Waals surface area contributed by atoms with Gasteiger partial charge in [0.2, 0.25) is 0 Å². The second-order valence-corrected chi connectivity index (χ2v) is 5.86. The zero-order valence-corrected chi connectivity index (χ0v) is 13.0. The fourth-order valence-electron chi connectivity index (χ4n) is 3.42. The first-order valence-corrected chi connectivity index (χ1v) is 7.82. The van der Waals surface area contributed by atoms with E-state index in [4.69, 9.17) is 10.5 Å². The van der Waals surface area contributed by atoms with Gasteiger partial charge in [0.05, 0.1) is 7.11 Å². The molecule has 3 atom stereocenters. The van der Waals surface area contributed by atoms with Gasteiger partial charge in [-0.25, -0.2) is 0 Å². The van der Waals surface area contributed by atoms with Gasteiger partial charge in [0, 0.05) is 18.1 Å². The van der Waals surface area contributed by atoms with Gasteiger partial charge in [0.25, 0.3) is 0 Å². The van der Waals surface area contributed by atoms with Crippen LogP contribution >= 0.6 is 0 Å². The number of rotatable bonds is 5. The molecule has 20 heavy (non-hydrogen) atoms. The van der Waals surface area contributed by atoms with E-state index in [1.54, 1.807) is 7.11 Å². The van der Waals surface area contributed by atoms with Crippen LogP contribution in [0, 0.1) is 0 Å². The fraction of sp³-hybridized carbons (Fsp3) is 0.647. The number of hydrogen-bond acceptors (Lipinski definition) is 3. The summed E-state index contributed by atoms with van der Waals surface area (Å²) in [5.74, 6) is 0.922. The summed E-state index contributed by atoms with van der Waals surface area (Å²) in [6, 6.07) is 9.72. The second-order valence-electron chi connectivity index (χ2n) is 5.86. The van der Waals surface area contributed by atoms with Crippen LogP contribution in [0.2, 0.25) is 0 Å². The van der Waals surface area contributed by atoms with Crippen molar-refractivity contribution in [3.05, 3.63) is 29.8 Å². The standard InChI is InChI=1S/C17H28N2O/c1-4-16(14-8-10-15(20-3)11-9-14)19-12-6-5-7-17(19)13(2)18/h8-11,13,16-17H,4-7,12,18H2,1-3H3. The number of nitrogens with two attached hydrogens (primary N) is 1. The average Bonchev–Trinajstić information content (AvgIpc) is 2.49. The lowest BCUT2D eigenvalue weighted by Crippen LogP contribution is -2.50. The van der Waals surface area contributed by atoms with Gasteiger partial charge in [0.15, 0.2) is 0 Å². The number of likely N-dealkylation sites (tertiary alicyclic amines) is 1. The van der Waals surface area contributed by atoms with E-state index in [-0.39, 0.29) is 6.04 Å². The van der Waals surface area contributed by atoms with Crippen molar-refractivity contribution in [1.82, 2.24) is 4.90 Å². The van der Waals surface area contributed by atoms with Crippen molar-refractivity contribution in [2.24, 2.45) is 5.73 Å². The van der Waals surface area contributed by atoms with Crippen molar-refractivity contribution in [2.75, 3.05) is 13.7 Å². The van der Waals surface area contributed by atoms with Crippen LogP contribution in [0.3, 0.4) is 0 Å². The molecule has 0 saturated carbocycles. The zero-order valence-electron chi connectivity index (χ0n) is 13.0. The molecule has 3 unspecified atom stereocenters. The molecule has 1 aliphatic heterocycles. The van der Waals surface area contributed by atoms with Gasteiger partial charge >= 0.3 is 0 Å². The predicted octanol–water partition coefficient (Wildman–Crippen LogP) is 3.35. The highest BCUT2D eigenvalue weighted by Crippen LogP contribution is 2.32. The Hall–Kier alpha value is -1.06. The summed E-state index contributed by atoms with van der Waals surface area (Å²) in [6.45, 7) is 5.57. The molecular weight excluding hydrogens is 248 g/mol. The number of ether oxygens (including phenoxy) is 1. The van der Waals surface area contributed by atoms with Crippen LogP contribution in [-0.2, 0) is 0 Å². The monoisotopic (exact) mass is 276 g/mol. The third-order valence-electron chi connectivity index (χ3n) is 4.49. The Kier molecular flexibility index (Phi) is 5.44. The molecule has 2 N–H and O–H groups in total. The Morgan fingerprint density at radius 2 is 2.00 bits per heavy atom. The van der Waals surface area contributed by atoms with E-state index in [1.165, 1.54) is 24.8 Å². The lowest BCUT2D eigenvalue weighted by Gasteiger charge is -2.43. The fourth-order valence-corrected chi connectivity index (χ4v) is 3.42. The maximum atomic E-state index is 6.21. The van der Waals surface area contributed by atoms with Crippen LogP contribution in [0.25, 0.3) is 0 Å². The molecule has 0 amide bonds. The molecular formula is C17H28N2O. The second kappa shape index (κ2) is 7.09. The average molecular weight is 276 g/mol. The molecule has 1 aliphatic rings. The molecule has 0 aromatic heterocycles. The zero-order chi connectivity index (χ0) is 14.5. The van der Waals surface area contributed by atoms with Gasteiger partial charge in [-0.2, -0.15) is 0 Å². The minimum atomic E-state index is 0.239. The Bertz CT molecular complexity index is 402. The van der Waals surface area contributed by atoms with E-state index in [2.05, 4.69) is 43.0 Å².